The summed E-state index contributed by atoms with van der Waals surface area (Å²) in [6, 6.07) is 5.60. The first-order valence-corrected chi connectivity index (χ1v) is 8.27. The van der Waals surface area contributed by atoms with Crippen LogP contribution in [0.2, 0.25) is 0 Å². The van der Waals surface area contributed by atoms with Gasteiger partial charge in [-0.05, 0) is 23.1 Å². The van der Waals surface area contributed by atoms with Gasteiger partial charge in [0.2, 0.25) is 5.91 Å². The molecule has 0 bridgehead atoms. The smallest absolute Gasteiger partial charge is 0.333 e. The van der Waals surface area contributed by atoms with Gasteiger partial charge in [-0.15, -0.1) is 0 Å². The first-order chi connectivity index (χ1) is 12.0. The highest BCUT2D eigenvalue weighted by atomic mass is 16.5. The molecule has 1 heterocycles. The number of carbonyl (C=O) groups excluding carboxylic acids is 2. The number of carbonyl (C=O) groups is 2. The Bertz CT molecular complexity index is 949. The summed E-state index contributed by atoms with van der Waals surface area (Å²) in [4.78, 5) is 39.3. The number of methoxy groups -OCH3 is 1. The number of nitrogens with one attached hydrogen (secondary N) is 1. The van der Waals surface area contributed by atoms with Crippen LogP contribution in [0.15, 0.2) is 35.1 Å². The quantitative estimate of drug-likeness (QED) is 0.633. The van der Waals surface area contributed by atoms with Gasteiger partial charge in [-0.3, -0.25) is 9.59 Å². The molecule has 0 aliphatic heterocycles. The zero-order valence-electron chi connectivity index (χ0n) is 15.6. The van der Waals surface area contributed by atoms with E-state index in [4.69, 9.17) is 5.73 Å². The topological polar surface area (TPSA) is 102 Å². The van der Waals surface area contributed by atoms with Crippen LogP contribution in [0, 0.1) is 0 Å². The number of amides is 1. The van der Waals surface area contributed by atoms with E-state index >= 15 is 0 Å². The van der Waals surface area contributed by atoms with E-state index in [0.717, 1.165) is 5.56 Å². The summed E-state index contributed by atoms with van der Waals surface area (Å²) in [5.74, 6) is -1.17. The van der Waals surface area contributed by atoms with Gasteiger partial charge < -0.3 is 15.5 Å². The number of hydrogen-bond donors (Lipinski definition) is 2. The number of aromatic nitrogens is 1. The third-order valence-corrected chi connectivity index (χ3v) is 4.27. The van der Waals surface area contributed by atoms with Crippen molar-refractivity contribution in [1.82, 2.24) is 4.98 Å². The van der Waals surface area contributed by atoms with E-state index in [-0.39, 0.29) is 29.3 Å². The zero-order chi connectivity index (χ0) is 19.6. The molecule has 6 nitrogen and oxygen atoms in total. The van der Waals surface area contributed by atoms with Crippen LogP contribution in [0.5, 0.6) is 0 Å². The fourth-order valence-electron chi connectivity index (χ4n) is 2.79. The molecule has 1 amide bonds. The molecule has 1 aromatic carbocycles. The van der Waals surface area contributed by atoms with Gasteiger partial charge in [0, 0.05) is 34.2 Å². The summed E-state index contributed by atoms with van der Waals surface area (Å²) >= 11 is 0. The lowest BCUT2D eigenvalue weighted by Gasteiger charge is -2.20. The van der Waals surface area contributed by atoms with Crippen LogP contribution < -0.4 is 11.2 Å². The molecule has 0 saturated carbocycles. The molecule has 3 N–H and O–H groups in total. The number of pyridine rings is 1. The number of esters is 1. The first kappa shape index (κ1) is 19.4. The van der Waals surface area contributed by atoms with Crippen LogP contribution in [0.1, 0.15) is 37.6 Å². The SMILES string of the molecule is C=C(Cc1c(CC(N)=O)[nH]c2ccc(C(C)(C)C)cc2c1=O)C(=O)OC. The van der Waals surface area contributed by atoms with Crippen molar-refractivity contribution in [2.24, 2.45) is 5.73 Å². The Kier molecular flexibility index (Phi) is 5.35. The van der Waals surface area contributed by atoms with Gasteiger partial charge in [-0.1, -0.05) is 33.4 Å². The standard InChI is InChI=1S/C20H24N2O4/c1-11(19(25)26-5)8-13-16(10-17(21)23)22-15-7-6-12(20(2,3)4)9-14(15)18(13)24/h6-7,9H,1,8,10H2,2-5H3,(H2,21,23)(H,22,24). The number of aromatic amines is 1. The number of hydrogen-bond acceptors (Lipinski definition) is 4. The minimum atomic E-state index is -0.599. The molecule has 0 atom stereocenters. The van der Waals surface area contributed by atoms with Crippen LogP contribution >= 0.6 is 0 Å². The largest absolute Gasteiger partial charge is 0.466 e. The van der Waals surface area contributed by atoms with Crippen molar-refractivity contribution < 1.29 is 14.3 Å². The van der Waals surface area contributed by atoms with Crippen LogP contribution in [0.25, 0.3) is 10.9 Å². The Morgan fingerprint density at radius 2 is 1.88 bits per heavy atom. The van der Waals surface area contributed by atoms with Crippen LogP contribution in [0.4, 0.5) is 0 Å². The molecule has 0 fully saturated rings. The van der Waals surface area contributed by atoms with E-state index in [1.165, 1.54) is 7.11 Å². The minimum absolute atomic E-state index is 0.0136. The number of rotatable bonds is 5. The highest BCUT2D eigenvalue weighted by Gasteiger charge is 2.20. The molecule has 2 aromatic rings. The number of ether oxygens (including phenoxy) is 1. The van der Waals surface area contributed by atoms with E-state index in [2.05, 4.69) is 37.1 Å². The Morgan fingerprint density at radius 1 is 1.23 bits per heavy atom. The first-order valence-electron chi connectivity index (χ1n) is 8.27. The normalized spacial score (nSPS) is 11.4. The zero-order valence-corrected chi connectivity index (χ0v) is 15.6. The summed E-state index contributed by atoms with van der Waals surface area (Å²) in [6.45, 7) is 9.85. The van der Waals surface area contributed by atoms with Crippen LogP contribution in [-0.2, 0) is 32.6 Å². The fourth-order valence-corrected chi connectivity index (χ4v) is 2.79. The molecule has 0 aliphatic carbocycles. The van der Waals surface area contributed by atoms with Crippen molar-refractivity contribution in [3.05, 3.63) is 57.4 Å². The highest BCUT2D eigenvalue weighted by molar-refractivity contribution is 5.89. The lowest BCUT2D eigenvalue weighted by atomic mass is 9.86. The van der Waals surface area contributed by atoms with Gasteiger partial charge in [-0.2, -0.15) is 0 Å². The number of primary amides is 1. The second-order valence-electron chi connectivity index (χ2n) is 7.34. The van der Waals surface area contributed by atoms with E-state index in [0.29, 0.717) is 22.2 Å². The van der Waals surface area contributed by atoms with Crippen molar-refractivity contribution in [2.75, 3.05) is 7.11 Å². The molecule has 138 valence electrons. The number of nitrogens with two attached hydrogens (primary N) is 1. The predicted octanol–water partition coefficient (Wildman–Crippen LogP) is 2.13. The van der Waals surface area contributed by atoms with Gasteiger partial charge in [0.25, 0.3) is 0 Å². The molecule has 0 aliphatic rings. The number of benzene rings is 1. The van der Waals surface area contributed by atoms with Crippen molar-refractivity contribution in [2.45, 2.75) is 39.0 Å². The van der Waals surface area contributed by atoms with Gasteiger partial charge >= 0.3 is 5.97 Å². The van der Waals surface area contributed by atoms with Crippen molar-refractivity contribution in [1.29, 1.82) is 0 Å². The second-order valence-corrected chi connectivity index (χ2v) is 7.34. The third-order valence-electron chi connectivity index (χ3n) is 4.27. The molecule has 0 unspecified atom stereocenters. The van der Waals surface area contributed by atoms with Gasteiger partial charge in [0.05, 0.1) is 13.5 Å². The molecule has 0 radical (unpaired) electrons. The molecular weight excluding hydrogens is 332 g/mol. The minimum Gasteiger partial charge on any atom is -0.466 e. The summed E-state index contributed by atoms with van der Waals surface area (Å²) in [7, 11) is 1.25. The Hall–Kier alpha value is -2.89. The maximum atomic E-state index is 13.1. The third kappa shape index (κ3) is 4.02. The van der Waals surface area contributed by atoms with Crippen molar-refractivity contribution in [3.8, 4) is 0 Å². The summed E-state index contributed by atoms with van der Waals surface area (Å²) in [5, 5.41) is 0.498. The monoisotopic (exact) mass is 356 g/mol. The summed E-state index contributed by atoms with van der Waals surface area (Å²) < 4.78 is 4.65. The Balaban J connectivity index is 2.70. The maximum absolute atomic E-state index is 13.1. The average Bonchev–Trinajstić information content (AvgIpc) is 2.55. The summed E-state index contributed by atoms with van der Waals surface area (Å²) in [5.41, 5.74) is 7.40. The van der Waals surface area contributed by atoms with Gasteiger partial charge in [0.15, 0.2) is 5.43 Å². The predicted molar refractivity (Wildman–Crippen MR) is 101 cm³/mol. The molecule has 26 heavy (non-hydrogen) atoms. The lowest BCUT2D eigenvalue weighted by molar-refractivity contribution is -0.136. The average molecular weight is 356 g/mol. The van der Waals surface area contributed by atoms with E-state index in [1.807, 2.05) is 18.2 Å². The second kappa shape index (κ2) is 7.15. The van der Waals surface area contributed by atoms with Crippen molar-refractivity contribution >= 4 is 22.8 Å². The van der Waals surface area contributed by atoms with E-state index in [9.17, 15) is 14.4 Å². The van der Waals surface area contributed by atoms with Crippen LogP contribution in [0.3, 0.4) is 0 Å². The fraction of sp³-hybridized carbons (Fsp3) is 0.350. The number of fused-ring (bicyclic) bond motifs is 1. The molecule has 0 spiro atoms. The Labute approximate surface area is 152 Å². The Morgan fingerprint density at radius 3 is 2.42 bits per heavy atom. The maximum Gasteiger partial charge on any atom is 0.333 e. The van der Waals surface area contributed by atoms with Gasteiger partial charge in [0.1, 0.15) is 0 Å². The molecule has 2 rings (SSSR count). The lowest BCUT2D eigenvalue weighted by Crippen LogP contribution is -2.23. The van der Waals surface area contributed by atoms with Crippen LogP contribution in [-0.4, -0.2) is 24.0 Å². The van der Waals surface area contributed by atoms with Crippen molar-refractivity contribution in [3.63, 3.8) is 0 Å². The highest BCUT2D eigenvalue weighted by Crippen LogP contribution is 2.25. The molecule has 6 heteroatoms. The van der Waals surface area contributed by atoms with E-state index in [1.54, 1.807) is 0 Å². The van der Waals surface area contributed by atoms with Gasteiger partial charge in [-0.25, -0.2) is 4.79 Å². The molecule has 1 aromatic heterocycles. The molecule has 0 saturated heterocycles. The number of H-pyrrole nitrogens is 1. The summed E-state index contributed by atoms with van der Waals surface area (Å²) in [6.07, 6.45) is -0.143. The van der Waals surface area contributed by atoms with E-state index < -0.39 is 11.9 Å². The molecular formula is C20H24N2O4.